The highest BCUT2D eigenvalue weighted by Gasteiger charge is 2.24. The van der Waals surface area contributed by atoms with Crippen molar-refractivity contribution in [3.05, 3.63) is 76.5 Å². The molecule has 0 atom stereocenters. The zero-order chi connectivity index (χ0) is 24.6. The van der Waals surface area contributed by atoms with Crippen LogP contribution in [0.25, 0.3) is 26.1 Å². The molecule has 1 fully saturated rings. The molecule has 4 aromatic heterocycles. The van der Waals surface area contributed by atoms with Crippen LogP contribution in [0.3, 0.4) is 0 Å². The Kier molecular flexibility index (Phi) is 5.82. The second-order valence-corrected chi connectivity index (χ2v) is 9.98. The summed E-state index contributed by atoms with van der Waals surface area (Å²) in [5, 5.41) is 3.35. The first kappa shape index (κ1) is 22.6. The number of piperazine rings is 1. The molecule has 9 nitrogen and oxygen atoms in total. The fourth-order valence-corrected chi connectivity index (χ4v) is 5.82. The molecule has 10 heteroatoms. The first-order chi connectivity index (χ1) is 17.6. The maximum Gasteiger partial charge on any atom is 0.258 e. The van der Waals surface area contributed by atoms with Gasteiger partial charge in [-0.15, -0.1) is 11.3 Å². The van der Waals surface area contributed by atoms with E-state index in [-0.39, 0.29) is 11.0 Å². The van der Waals surface area contributed by atoms with E-state index in [0.717, 1.165) is 47.9 Å². The third-order valence-electron chi connectivity index (χ3n) is 6.61. The van der Waals surface area contributed by atoms with Crippen LogP contribution in [0.15, 0.2) is 59.8 Å². The van der Waals surface area contributed by atoms with Crippen LogP contribution in [-0.4, -0.2) is 69.9 Å². The number of rotatable bonds is 5. The lowest BCUT2D eigenvalue weighted by Crippen LogP contribution is -2.44. The number of hydrogen-bond acceptors (Lipinski definition) is 8. The minimum atomic E-state index is -0.391. The van der Waals surface area contributed by atoms with Gasteiger partial charge in [0.25, 0.3) is 5.91 Å². The van der Waals surface area contributed by atoms with E-state index in [1.165, 1.54) is 11.3 Å². The number of aromatic nitrogens is 4. The van der Waals surface area contributed by atoms with Gasteiger partial charge in [-0.2, -0.15) is 0 Å². The average molecular weight is 500 g/mol. The summed E-state index contributed by atoms with van der Waals surface area (Å²) < 4.78 is 2.96. The maximum atomic E-state index is 13.7. The molecule has 1 aliphatic heterocycles. The standard InChI is InChI=1S/C26H25N7O2S/c1-31-12-14-32(15-13-31)21-7-6-18-23(34)22(25(35)29-9-8-17-16-27-10-11-28-17)26-33(24(18)30-21)19-4-2-3-5-20(19)36-26/h2-7,10-11,16H,8-9,12-15H2,1H3,(H,29,35). The lowest BCUT2D eigenvalue weighted by molar-refractivity contribution is 0.0954. The number of carbonyl (C=O) groups is 1. The summed E-state index contributed by atoms with van der Waals surface area (Å²) in [7, 11) is 2.12. The number of amides is 1. The molecule has 1 aliphatic rings. The Morgan fingerprint density at radius 2 is 1.92 bits per heavy atom. The monoisotopic (exact) mass is 499 g/mol. The molecule has 1 N–H and O–H groups in total. The van der Waals surface area contributed by atoms with Crippen molar-refractivity contribution in [3.8, 4) is 0 Å². The summed E-state index contributed by atoms with van der Waals surface area (Å²) >= 11 is 1.44. The molecule has 5 heterocycles. The molecule has 36 heavy (non-hydrogen) atoms. The van der Waals surface area contributed by atoms with Gasteiger partial charge in [0, 0.05) is 57.7 Å². The number of para-hydroxylation sites is 1. The fourth-order valence-electron chi connectivity index (χ4n) is 4.64. The smallest absolute Gasteiger partial charge is 0.258 e. The largest absolute Gasteiger partial charge is 0.354 e. The van der Waals surface area contributed by atoms with E-state index < -0.39 is 5.91 Å². The van der Waals surface area contributed by atoms with E-state index in [2.05, 4.69) is 32.1 Å². The Morgan fingerprint density at radius 1 is 1.08 bits per heavy atom. The van der Waals surface area contributed by atoms with Crippen molar-refractivity contribution >= 4 is 49.1 Å². The Labute approximate surface area is 211 Å². The van der Waals surface area contributed by atoms with Crippen molar-refractivity contribution < 1.29 is 4.79 Å². The molecule has 6 rings (SSSR count). The van der Waals surface area contributed by atoms with Crippen LogP contribution in [-0.2, 0) is 6.42 Å². The van der Waals surface area contributed by atoms with Gasteiger partial charge in [-0.25, -0.2) is 4.98 Å². The highest BCUT2D eigenvalue weighted by atomic mass is 32.1. The molecular weight excluding hydrogens is 474 g/mol. The molecule has 182 valence electrons. The number of benzene rings is 1. The van der Waals surface area contributed by atoms with Crippen LogP contribution in [0.2, 0.25) is 0 Å². The number of likely N-dealkylation sites (N-methyl/N-ethyl adjacent to an activating group) is 1. The topological polar surface area (TPSA) is 95.7 Å². The molecular formula is C26H25N7O2S. The van der Waals surface area contributed by atoms with Gasteiger partial charge in [-0.3, -0.25) is 24.0 Å². The second kappa shape index (κ2) is 9.29. The molecule has 0 bridgehead atoms. The predicted octanol–water partition coefficient (Wildman–Crippen LogP) is 2.58. The number of fused-ring (bicyclic) bond motifs is 5. The molecule has 1 amide bonds. The van der Waals surface area contributed by atoms with Gasteiger partial charge in [-0.1, -0.05) is 12.1 Å². The zero-order valence-electron chi connectivity index (χ0n) is 19.8. The summed E-state index contributed by atoms with van der Waals surface area (Å²) in [6.45, 7) is 4.04. The van der Waals surface area contributed by atoms with Crippen LogP contribution in [0.4, 0.5) is 5.82 Å². The minimum Gasteiger partial charge on any atom is -0.354 e. The van der Waals surface area contributed by atoms with Gasteiger partial charge in [0.15, 0.2) is 5.65 Å². The van der Waals surface area contributed by atoms with Gasteiger partial charge in [0.1, 0.15) is 16.2 Å². The van der Waals surface area contributed by atoms with E-state index in [1.54, 1.807) is 18.6 Å². The summed E-state index contributed by atoms with van der Waals surface area (Å²) in [4.78, 5) is 45.4. The number of thiazole rings is 1. The normalized spacial score (nSPS) is 14.6. The van der Waals surface area contributed by atoms with Crippen molar-refractivity contribution in [2.24, 2.45) is 0 Å². The van der Waals surface area contributed by atoms with Crippen LogP contribution >= 0.6 is 11.3 Å². The van der Waals surface area contributed by atoms with Gasteiger partial charge in [0.2, 0.25) is 5.43 Å². The summed E-state index contributed by atoms with van der Waals surface area (Å²) in [5.41, 5.74) is 2.14. The molecule has 1 aromatic carbocycles. The molecule has 0 saturated carbocycles. The van der Waals surface area contributed by atoms with E-state index in [9.17, 15) is 9.59 Å². The second-order valence-electron chi connectivity index (χ2n) is 8.95. The summed E-state index contributed by atoms with van der Waals surface area (Å²) in [6.07, 6.45) is 5.43. The van der Waals surface area contributed by atoms with Crippen molar-refractivity contribution in [3.63, 3.8) is 0 Å². The van der Waals surface area contributed by atoms with Crippen molar-refractivity contribution in [1.82, 2.24) is 29.6 Å². The Balaban J connectivity index is 1.45. The Hall–Kier alpha value is -3.89. The van der Waals surface area contributed by atoms with Crippen molar-refractivity contribution in [2.75, 3.05) is 44.7 Å². The molecule has 0 radical (unpaired) electrons. The molecule has 1 saturated heterocycles. The Morgan fingerprint density at radius 3 is 2.72 bits per heavy atom. The van der Waals surface area contributed by atoms with E-state index in [1.807, 2.05) is 40.8 Å². The maximum absolute atomic E-state index is 13.7. The van der Waals surface area contributed by atoms with Crippen LogP contribution < -0.4 is 15.6 Å². The van der Waals surface area contributed by atoms with Gasteiger partial charge >= 0.3 is 0 Å². The number of nitrogens with one attached hydrogen (secondary N) is 1. The summed E-state index contributed by atoms with van der Waals surface area (Å²) in [5.74, 6) is 0.457. The highest BCUT2D eigenvalue weighted by Crippen LogP contribution is 2.31. The minimum absolute atomic E-state index is 0.150. The lowest BCUT2D eigenvalue weighted by Gasteiger charge is -2.33. The van der Waals surface area contributed by atoms with Crippen LogP contribution in [0.1, 0.15) is 16.1 Å². The van der Waals surface area contributed by atoms with Gasteiger partial charge in [-0.05, 0) is 31.3 Å². The third kappa shape index (κ3) is 3.98. The molecule has 0 spiro atoms. The zero-order valence-corrected chi connectivity index (χ0v) is 20.7. The lowest BCUT2D eigenvalue weighted by atomic mass is 10.1. The number of anilines is 1. The highest BCUT2D eigenvalue weighted by molar-refractivity contribution is 7.24. The first-order valence-corrected chi connectivity index (χ1v) is 12.8. The Bertz CT molecular complexity index is 1640. The SMILES string of the molecule is CN1CCN(c2ccc3c(=O)c(C(=O)NCCc4cnccn4)c4sc5ccccc5n4c3n2)CC1. The molecule has 0 aliphatic carbocycles. The first-order valence-electron chi connectivity index (χ1n) is 11.9. The number of pyridine rings is 2. The number of nitrogens with zero attached hydrogens (tertiary/aromatic N) is 6. The predicted molar refractivity (Wildman–Crippen MR) is 142 cm³/mol. The fraction of sp³-hybridized carbons (Fsp3) is 0.269. The van der Waals surface area contributed by atoms with Crippen LogP contribution in [0.5, 0.6) is 0 Å². The third-order valence-corrected chi connectivity index (χ3v) is 7.76. The van der Waals surface area contributed by atoms with Crippen molar-refractivity contribution in [2.45, 2.75) is 6.42 Å². The number of carbonyl (C=O) groups excluding carboxylic acids is 1. The molecule has 5 aromatic rings. The van der Waals surface area contributed by atoms with Gasteiger partial charge in [0.05, 0.1) is 21.3 Å². The van der Waals surface area contributed by atoms with E-state index >= 15 is 0 Å². The quantitative estimate of drug-likeness (QED) is 0.397. The number of hydrogen-bond donors (Lipinski definition) is 1. The summed E-state index contributed by atoms with van der Waals surface area (Å²) in [6, 6.07) is 11.6. The van der Waals surface area contributed by atoms with Gasteiger partial charge < -0.3 is 15.1 Å². The van der Waals surface area contributed by atoms with Crippen LogP contribution in [0, 0.1) is 0 Å². The van der Waals surface area contributed by atoms with E-state index in [4.69, 9.17) is 4.98 Å². The van der Waals surface area contributed by atoms with Crippen molar-refractivity contribution in [1.29, 1.82) is 0 Å². The average Bonchev–Trinajstić information content (AvgIpc) is 3.29. The van der Waals surface area contributed by atoms with E-state index in [0.29, 0.717) is 28.8 Å². The molecule has 0 unspecified atom stereocenters.